The zero-order valence-corrected chi connectivity index (χ0v) is 19.1. The van der Waals surface area contributed by atoms with Crippen molar-refractivity contribution in [3.8, 4) is 0 Å². The summed E-state index contributed by atoms with van der Waals surface area (Å²) in [5.41, 5.74) is 5.58. The molecule has 4 nitrogen and oxygen atoms in total. The van der Waals surface area contributed by atoms with E-state index in [9.17, 15) is 4.79 Å². The van der Waals surface area contributed by atoms with Gasteiger partial charge in [0.15, 0.2) is 0 Å². The molecule has 162 valence electrons. The van der Waals surface area contributed by atoms with Crippen LogP contribution in [0.5, 0.6) is 0 Å². The number of nitrogens with one attached hydrogen (secondary N) is 1. The maximum absolute atomic E-state index is 12.5. The van der Waals surface area contributed by atoms with E-state index >= 15 is 0 Å². The van der Waals surface area contributed by atoms with Gasteiger partial charge < -0.3 is 4.90 Å². The van der Waals surface area contributed by atoms with Gasteiger partial charge in [0.05, 0.1) is 0 Å². The van der Waals surface area contributed by atoms with E-state index in [1.165, 1.54) is 57.1 Å². The van der Waals surface area contributed by atoms with Crippen molar-refractivity contribution in [3.05, 3.63) is 29.8 Å². The van der Waals surface area contributed by atoms with Crippen molar-refractivity contribution in [3.63, 3.8) is 0 Å². The van der Waals surface area contributed by atoms with Crippen LogP contribution in [0.1, 0.15) is 75.1 Å². The number of nitrogens with zero attached hydrogens (tertiary/aromatic N) is 2. The highest BCUT2D eigenvalue weighted by Gasteiger charge is 2.22. The number of anilines is 1. The first-order valence-corrected chi connectivity index (χ1v) is 12.1. The van der Waals surface area contributed by atoms with Gasteiger partial charge in [-0.2, -0.15) is 5.10 Å². The summed E-state index contributed by atoms with van der Waals surface area (Å²) in [5.74, 6) is 1.46. The van der Waals surface area contributed by atoms with E-state index in [1.54, 1.807) is 0 Å². The number of amides is 1. The number of benzene rings is 1. The predicted molar refractivity (Wildman–Crippen MR) is 126 cm³/mol. The minimum Gasteiger partial charge on any atom is -0.369 e. The lowest BCUT2D eigenvalue weighted by atomic mass is 9.98. The van der Waals surface area contributed by atoms with Crippen LogP contribution in [0.15, 0.2) is 29.4 Å². The highest BCUT2D eigenvalue weighted by Crippen LogP contribution is 2.27. The molecule has 1 aromatic carbocycles. The average molecular weight is 440 g/mol. The summed E-state index contributed by atoms with van der Waals surface area (Å²) >= 11 is 11.7. The van der Waals surface area contributed by atoms with Gasteiger partial charge >= 0.3 is 0 Å². The molecular formula is C23H35Cl2N3O. The van der Waals surface area contributed by atoms with E-state index < -0.39 is 0 Å². The smallest absolute Gasteiger partial charge is 0.271 e. The second kappa shape index (κ2) is 13.9. The molecule has 6 heteroatoms. The Labute approximate surface area is 186 Å². The van der Waals surface area contributed by atoms with Gasteiger partial charge in [0.25, 0.3) is 5.91 Å². The Morgan fingerprint density at radius 3 is 2.45 bits per heavy atom. The third-order valence-electron chi connectivity index (χ3n) is 5.62. The van der Waals surface area contributed by atoms with E-state index in [0.29, 0.717) is 23.2 Å². The van der Waals surface area contributed by atoms with Gasteiger partial charge in [0.1, 0.15) is 0 Å². The van der Waals surface area contributed by atoms with Crippen LogP contribution < -0.4 is 10.3 Å². The molecule has 1 aliphatic rings. The number of hydrogen-bond acceptors (Lipinski definition) is 3. The van der Waals surface area contributed by atoms with E-state index in [2.05, 4.69) is 22.4 Å². The van der Waals surface area contributed by atoms with E-state index in [0.717, 1.165) is 25.2 Å². The largest absolute Gasteiger partial charge is 0.369 e. The fourth-order valence-corrected chi connectivity index (χ4v) is 4.35. The van der Waals surface area contributed by atoms with Crippen LogP contribution >= 0.6 is 23.2 Å². The van der Waals surface area contributed by atoms with E-state index in [-0.39, 0.29) is 5.91 Å². The van der Waals surface area contributed by atoms with Crippen LogP contribution in [0.2, 0.25) is 0 Å². The molecule has 2 rings (SSSR count). The monoisotopic (exact) mass is 439 g/mol. The van der Waals surface area contributed by atoms with Crippen LogP contribution in [0.3, 0.4) is 0 Å². The second-order valence-electron chi connectivity index (χ2n) is 7.75. The molecule has 1 aromatic rings. The summed E-state index contributed by atoms with van der Waals surface area (Å²) in [6.07, 6.45) is 11.1. The van der Waals surface area contributed by atoms with E-state index in [4.69, 9.17) is 23.2 Å². The number of hydrazone groups is 1. The highest BCUT2D eigenvalue weighted by molar-refractivity contribution is 6.18. The molecular weight excluding hydrogens is 405 g/mol. The second-order valence-corrected chi connectivity index (χ2v) is 8.50. The third-order valence-corrected chi connectivity index (χ3v) is 5.96. The van der Waals surface area contributed by atoms with Crippen molar-refractivity contribution in [1.29, 1.82) is 0 Å². The zero-order chi connectivity index (χ0) is 20.9. The Morgan fingerprint density at radius 1 is 1.10 bits per heavy atom. The molecule has 1 saturated carbocycles. The highest BCUT2D eigenvalue weighted by atomic mass is 35.5. The molecule has 1 aliphatic carbocycles. The molecule has 1 unspecified atom stereocenters. The molecule has 0 heterocycles. The van der Waals surface area contributed by atoms with Crippen molar-refractivity contribution < 1.29 is 4.79 Å². The number of unbranched alkanes of at least 4 members (excludes halogenated alkanes) is 4. The molecule has 1 amide bonds. The molecule has 29 heavy (non-hydrogen) atoms. The van der Waals surface area contributed by atoms with Crippen LogP contribution in [0, 0.1) is 5.92 Å². The number of alkyl halides is 2. The third kappa shape index (κ3) is 8.18. The number of carbonyl (C=O) groups is 1. The molecule has 0 bridgehead atoms. The summed E-state index contributed by atoms with van der Waals surface area (Å²) in [7, 11) is 0. The summed E-state index contributed by atoms with van der Waals surface area (Å²) in [5, 5.41) is 4.48. The molecule has 0 aromatic heterocycles. The first kappa shape index (κ1) is 24.0. The summed E-state index contributed by atoms with van der Waals surface area (Å²) < 4.78 is 0. The van der Waals surface area contributed by atoms with Crippen LogP contribution in [-0.4, -0.2) is 36.5 Å². The van der Waals surface area contributed by atoms with Gasteiger partial charge in [-0.15, -0.1) is 23.2 Å². The molecule has 0 saturated heterocycles. The summed E-state index contributed by atoms with van der Waals surface area (Å²) in [6.45, 7) is 3.70. The van der Waals surface area contributed by atoms with Gasteiger partial charge in [-0.25, -0.2) is 5.43 Å². The van der Waals surface area contributed by atoms with Crippen molar-refractivity contribution in [1.82, 2.24) is 5.43 Å². The van der Waals surface area contributed by atoms with Crippen molar-refractivity contribution in [2.75, 3.05) is 29.7 Å². The maximum atomic E-state index is 12.5. The quantitative estimate of drug-likeness (QED) is 0.225. The fourth-order valence-electron chi connectivity index (χ4n) is 3.94. The average Bonchev–Trinajstić information content (AvgIpc) is 3.19. The van der Waals surface area contributed by atoms with Crippen LogP contribution in [0.25, 0.3) is 0 Å². The first-order chi connectivity index (χ1) is 14.2. The lowest BCUT2D eigenvalue weighted by molar-refractivity contribution is 0.0954. The Bertz CT molecular complexity index is 628. The van der Waals surface area contributed by atoms with Crippen molar-refractivity contribution in [2.45, 2.75) is 64.7 Å². The van der Waals surface area contributed by atoms with Gasteiger partial charge in [-0.3, -0.25) is 4.79 Å². The number of carbonyl (C=O) groups excluding carboxylic acids is 1. The van der Waals surface area contributed by atoms with Gasteiger partial charge in [0.2, 0.25) is 0 Å². The fraction of sp³-hybridized carbons (Fsp3) is 0.652. The predicted octanol–water partition coefficient (Wildman–Crippen LogP) is 6.22. The minimum atomic E-state index is -0.154. The number of halogens is 2. The Balaban J connectivity index is 1.87. The Hall–Kier alpha value is -1.26. The zero-order valence-electron chi connectivity index (χ0n) is 17.6. The molecule has 1 N–H and O–H groups in total. The van der Waals surface area contributed by atoms with E-state index in [1.807, 2.05) is 24.3 Å². The topological polar surface area (TPSA) is 44.7 Å². The summed E-state index contributed by atoms with van der Waals surface area (Å²) in [6, 6.07) is 7.55. The molecule has 0 radical (unpaired) electrons. The number of hydrogen-bond donors (Lipinski definition) is 1. The van der Waals surface area contributed by atoms with Gasteiger partial charge in [-0.05, 0) is 55.9 Å². The van der Waals surface area contributed by atoms with Gasteiger partial charge in [-0.1, -0.05) is 39.0 Å². The summed E-state index contributed by atoms with van der Waals surface area (Å²) in [4.78, 5) is 14.6. The molecule has 0 aliphatic heterocycles. The minimum absolute atomic E-state index is 0.154. The lowest BCUT2D eigenvalue weighted by Crippen LogP contribution is -2.27. The standard InChI is InChI=1S/C23H35Cl2N3O/c1-2-3-4-5-6-8-19-9-7-10-22(19)26-27-23(29)20-11-13-21(14-12-20)28(17-15-24)18-16-25/h11-14,19H,2-10,15-18H2,1H3,(H,27,29). The molecule has 1 fully saturated rings. The van der Waals surface area contributed by atoms with Crippen molar-refractivity contribution >= 4 is 40.5 Å². The molecule has 0 spiro atoms. The Kier molecular flexibility index (Phi) is 11.5. The number of rotatable bonds is 13. The maximum Gasteiger partial charge on any atom is 0.271 e. The lowest BCUT2D eigenvalue weighted by Gasteiger charge is -2.22. The Morgan fingerprint density at radius 2 is 1.79 bits per heavy atom. The van der Waals surface area contributed by atoms with Crippen LogP contribution in [-0.2, 0) is 0 Å². The molecule has 1 atom stereocenters. The van der Waals surface area contributed by atoms with Gasteiger partial charge in [0, 0.05) is 41.8 Å². The van der Waals surface area contributed by atoms with Crippen LogP contribution in [0.4, 0.5) is 5.69 Å². The SMILES string of the molecule is CCCCCCCC1CCCC1=NNC(=O)c1ccc(N(CCCl)CCCl)cc1. The van der Waals surface area contributed by atoms with Crippen molar-refractivity contribution in [2.24, 2.45) is 11.0 Å². The normalized spacial score (nSPS) is 17.6. The first-order valence-electron chi connectivity index (χ1n) is 11.0.